The number of ether oxygens (including phenoxy) is 4. The van der Waals surface area contributed by atoms with Crippen LogP contribution in [0, 0.1) is 0 Å². The van der Waals surface area contributed by atoms with Gasteiger partial charge in [-0.1, -0.05) is 91.0 Å². The topological polar surface area (TPSA) is 97.8 Å². The predicted molar refractivity (Wildman–Crippen MR) is 195 cm³/mol. The van der Waals surface area contributed by atoms with E-state index in [4.69, 9.17) is 18.9 Å². The summed E-state index contributed by atoms with van der Waals surface area (Å²) in [5, 5.41) is 0. The van der Waals surface area contributed by atoms with Gasteiger partial charge in [0.05, 0.1) is 36.9 Å². The number of amides is 2. The average Bonchev–Trinajstić information content (AvgIpc) is 3.46. The summed E-state index contributed by atoms with van der Waals surface area (Å²) in [5.41, 5.74) is -0.642. The van der Waals surface area contributed by atoms with Crippen LogP contribution in [0.2, 0.25) is 0 Å². The van der Waals surface area contributed by atoms with Gasteiger partial charge in [0.1, 0.15) is 11.4 Å². The molecule has 0 aliphatic carbocycles. The van der Waals surface area contributed by atoms with Crippen LogP contribution in [-0.4, -0.2) is 87.2 Å². The molecule has 5 rings (SSSR count). The standard InChI is InChI=1S/C41H53N3O7/c1-38(2)28-49-40(5,6)43(38)36(46)48-25-24-33(42(26-30-18-12-9-13-19-30)27-31-20-14-10-15-21-31)35(34(45)32-22-16-11-17-23-32)51-37(47)44-39(3,4)29-50-41(44,7)8/h9-23,33,35H,24-29H2,1-8H3/t33-,35+/m0/s1. The first-order chi connectivity index (χ1) is 24.0. The van der Waals surface area contributed by atoms with E-state index in [1.165, 1.54) is 0 Å². The Bertz CT molecular complexity index is 1570. The lowest BCUT2D eigenvalue weighted by atomic mass is 9.95. The van der Waals surface area contributed by atoms with E-state index in [0.717, 1.165) is 11.1 Å². The minimum atomic E-state index is -1.26. The van der Waals surface area contributed by atoms with Crippen molar-refractivity contribution in [2.45, 2.75) is 110 Å². The van der Waals surface area contributed by atoms with E-state index in [1.54, 1.807) is 34.1 Å². The molecule has 2 aliphatic rings. The molecule has 2 saturated heterocycles. The van der Waals surface area contributed by atoms with Crippen molar-refractivity contribution in [3.05, 3.63) is 108 Å². The predicted octanol–water partition coefficient (Wildman–Crippen LogP) is 7.67. The maximum Gasteiger partial charge on any atom is 0.413 e. The second-order valence-corrected chi connectivity index (χ2v) is 15.6. The zero-order chi connectivity index (χ0) is 37.0. The molecule has 10 nitrogen and oxygen atoms in total. The minimum Gasteiger partial charge on any atom is -0.449 e. The van der Waals surface area contributed by atoms with Crippen LogP contribution < -0.4 is 0 Å². The molecule has 10 heteroatoms. The fourth-order valence-electron chi connectivity index (χ4n) is 7.37. The number of hydrogen-bond acceptors (Lipinski definition) is 8. The third-order valence-corrected chi connectivity index (χ3v) is 9.67. The van der Waals surface area contributed by atoms with E-state index < -0.39 is 46.9 Å². The van der Waals surface area contributed by atoms with Crippen LogP contribution in [0.25, 0.3) is 0 Å². The van der Waals surface area contributed by atoms with Gasteiger partial charge in [-0.2, -0.15) is 0 Å². The molecule has 274 valence electrons. The van der Waals surface area contributed by atoms with Crippen molar-refractivity contribution in [1.82, 2.24) is 14.7 Å². The number of rotatable bonds is 12. The molecule has 0 radical (unpaired) electrons. The number of nitrogens with zero attached hydrogens (tertiary/aromatic N) is 3. The Hall–Kier alpha value is -4.25. The van der Waals surface area contributed by atoms with Gasteiger partial charge in [-0.25, -0.2) is 9.59 Å². The molecule has 0 saturated carbocycles. The summed E-state index contributed by atoms with van der Waals surface area (Å²) >= 11 is 0. The molecular weight excluding hydrogens is 646 g/mol. The molecule has 2 aliphatic heterocycles. The highest BCUT2D eigenvalue weighted by atomic mass is 16.6. The molecule has 3 aromatic carbocycles. The van der Waals surface area contributed by atoms with Crippen LogP contribution in [0.3, 0.4) is 0 Å². The zero-order valence-electron chi connectivity index (χ0n) is 31.3. The molecule has 2 heterocycles. The third-order valence-electron chi connectivity index (χ3n) is 9.67. The molecule has 0 aromatic heterocycles. The molecule has 3 aromatic rings. The molecule has 2 amide bonds. The monoisotopic (exact) mass is 699 g/mol. The largest absolute Gasteiger partial charge is 0.449 e. The van der Waals surface area contributed by atoms with Crippen molar-refractivity contribution in [3.63, 3.8) is 0 Å². The van der Waals surface area contributed by atoms with Crippen LogP contribution in [0.1, 0.15) is 83.3 Å². The highest BCUT2D eigenvalue weighted by Crippen LogP contribution is 2.37. The smallest absolute Gasteiger partial charge is 0.413 e. The lowest BCUT2D eigenvalue weighted by Gasteiger charge is -2.41. The summed E-state index contributed by atoms with van der Waals surface area (Å²) in [5.74, 6) is -0.350. The van der Waals surface area contributed by atoms with Gasteiger partial charge in [0.2, 0.25) is 5.78 Å². The van der Waals surface area contributed by atoms with E-state index in [2.05, 4.69) is 4.90 Å². The molecule has 2 fully saturated rings. The summed E-state index contributed by atoms with van der Waals surface area (Å²) in [6.45, 7) is 16.5. The summed E-state index contributed by atoms with van der Waals surface area (Å²) in [4.78, 5) is 48.0. The Morgan fingerprint density at radius 2 is 1.10 bits per heavy atom. The van der Waals surface area contributed by atoms with Crippen LogP contribution in [0.15, 0.2) is 91.0 Å². The Kier molecular flexibility index (Phi) is 11.3. The first-order valence-electron chi connectivity index (χ1n) is 17.7. The minimum absolute atomic E-state index is 0.0355. The van der Waals surface area contributed by atoms with Crippen molar-refractivity contribution >= 4 is 18.0 Å². The number of ketones is 1. The van der Waals surface area contributed by atoms with Gasteiger partial charge in [-0.05, 0) is 66.5 Å². The summed E-state index contributed by atoms with van der Waals surface area (Å²) in [7, 11) is 0. The second kappa shape index (κ2) is 15.2. The van der Waals surface area contributed by atoms with Gasteiger partial charge in [-0.15, -0.1) is 0 Å². The fourth-order valence-corrected chi connectivity index (χ4v) is 7.37. The van der Waals surface area contributed by atoms with E-state index in [0.29, 0.717) is 31.9 Å². The quantitative estimate of drug-likeness (QED) is 0.178. The van der Waals surface area contributed by atoms with E-state index in [9.17, 15) is 14.4 Å². The van der Waals surface area contributed by atoms with E-state index in [-0.39, 0.29) is 18.8 Å². The van der Waals surface area contributed by atoms with Crippen LogP contribution >= 0.6 is 0 Å². The summed E-state index contributed by atoms with van der Waals surface area (Å²) < 4.78 is 24.3. The van der Waals surface area contributed by atoms with E-state index in [1.807, 2.05) is 122 Å². The van der Waals surface area contributed by atoms with Crippen LogP contribution in [0.5, 0.6) is 0 Å². The van der Waals surface area contributed by atoms with Gasteiger partial charge in [0, 0.05) is 25.1 Å². The maximum atomic E-state index is 14.7. The molecule has 0 bridgehead atoms. The number of Topliss-reactive ketones (excluding diaryl/α,β-unsaturated/α-hetero) is 1. The molecular formula is C41H53N3O7. The van der Waals surface area contributed by atoms with E-state index >= 15 is 0 Å². The zero-order valence-corrected chi connectivity index (χ0v) is 31.3. The SMILES string of the molecule is CC1(C)COC(C)(C)N1C(=O)OCC[C@@H]([C@@H](OC(=O)N1C(C)(C)COC1(C)C)C(=O)c1ccccc1)N(Cc1ccccc1)Cc1ccccc1. The Morgan fingerprint density at radius 3 is 1.53 bits per heavy atom. The summed E-state index contributed by atoms with van der Waals surface area (Å²) in [6, 6.07) is 28.1. The van der Waals surface area contributed by atoms with Crippen molar-refractivity contribution in [3.8, 4) is 0 Å². The second-order valence-electron chi connectivity index (χ2n) is 15.6. The van der Waals surface area contributed by atoms with Crippen molar-refractivity contribution in [2.24, 2.45) is 0 Å². The van der Waals surface area contributed by atoms with Gasteiger partial charge in [-0.3, -0.25) is 19.5 Å². The van der Waals surface area contributed by atoms with Gasteiger partial charge in [0.25, 0.3) is 0 Å². The third kappa shape index (κ3) is 8.80. The summed E-state index contributed by atoms with van der Waals surface area (Å²) in [6.07, 6.45) is -2.24. The van der Waals surface area contributed by atoms with Crippen molar-refractivity contribution in [2.75, 3.05) is 19.8 Å². The molecule has 0 N–H and O–H groups in total. The molecule has 0 spiro atoms. The highest BCUT2D eigenvalue weighted by molar-refractivity contribution is 6.01. The highest BCUT2D eigenvalue weighted by Gasteiger charge is 2.52. The fraction of sp³-hybridized carbons (Fsp3) is 0.488. The molecule has 0 unspecified atom stereocenters. The first kappa shape index (κ1) is 38.0. The number of hydrogen-bond donors (Lipinski definition) is 0. The number of benzene rings is 3. The van der Waals surface area contributed by atoms with Crippen LogP contribution in [-0.2, 0) is 32.0 Å². The number of carbonyl (C=O) groups excluding carboxylic acids is 3. The Labute approximate surface area is 302 Å². The lowest BCUT2D eigenvalue weighted by Crippen LogP contribution is -2.56. The van der Waals surface area contributed by atoms with Gasteiger partial charge >= 0.3 is 12.2 Å². The van der Waals surface area contributed by atoms with Gasteiger partial charge < -0.3 is 18.9 Å². The average molecular weight is 700 g/mol. The van der Waals surface area contributed by atoms with Crippen LogP contribution in [0.4, 0.5) is 9.59 Å². The van der Waals surface area contributed by atoms with Crippen molar-refractivity contribution < 1.29 is 33.3 Å². The maximum absolute atomic E-state index is 14.7. The van der Waals surface area contributed by atoms with Crippen molar-refractivity contribution in [1.29, 1.82) is 0 Å². The lowest BCUT2D eigenvalue weighted by molar-refractivity contribution is -0.0668. The molecule has 2 atom stereocenters. The Morgan fingerprint density at radius 1 is 0.667 bits per heavy atom. The molecule has 51 heavy (non-hydrogen) atoms. The Balaban J connectivity index is 1.55. The number of carbonyl (C=O) groups is 3. The first-order valence-corrected chi connectivity index (χ1v) is 17.7. The normalized spacial score (nSPS) is 19.8. The van der Waals surface area contributed by atoms with Gasteiger partial charge in [0.15, 0.2) is 6.10 Å².